The Bertz CT molecular complexity index is 741. The van der Waals surface area contributed by atoms with Crippen LogP contribution in [0.3, 0.4) is 0 Å². The van der Waals surface area contributed by atoms with Gasteiger partial charge in [0.25, 0.3) is 5.91 Å². The lowest BCUT2D eigenvalue weighted by molar-refractivity contribution is 0.102. The lowest BCUT2D eigenvalue weighted by atomic mass is 10.3. The Morgan fingerprint density at radius 2 is 2.15 bits per heavy atom. The summed E-state index contributed by atoms with van der Waals surface area (Å²) in [7, 11) is 0. The third-order valence-corrected chi connectivity index (χ3v) is 4.27. The standard InChI is InChI=1S/C14H14N4OS/c1-3-11-15-8(2)12(20-11)13(19)18-14-16-9-6-4-5-7-10(9)17-14/h4-7H,3H2,1-2H3,(H2,16,17,18,19). The number of hydrogen-bond donors (Lipinski definition) is 2. The summed E-state index contributed by atoms with van der Waals surface area (Å²) in [6, 6.07) is 7.66. The predicted molar refractivity (Wildman–Crippen MR) is 80.3 cm³/mol. The van der Waals surface area contributed by atoms with Crippen molar-refractivity contribution < 1.29 is 4.79 Å². The summed E-state index contributed by atoms with van der Waals surface area (Å²) >= 11 is 1.43. The maximum Gasteiger partial charge on any atom is 0.269 e. The van der Waals surface area contributed by atoms with E-state index < -0.39 is 0 Å². The molecule has 6 heteroatoms. The molecule has 0 aliphatic rings. The van der Waals surface area contributed by atoms with Crippen LogP contribution in [-0.4, -0.2) is 20.9 Å². The highest BCUT2D eigenvalue weighted by molar-refractivity contribution is 7.13. The number of aryl methyl sites for hydroxylation is 2. The summed E-state index contributed by atoms with van der Waals surface area (Å²) < 4.78 is 0. The second kappa shape index (κ2) is 5.05. The number of aromatic amines is 1. The van der Waals surface area contributed by atoms with Gasteiger partial charge in [0.2, 0.25) is 5.95 Å². The molecule has 0 saturated heterocycles. The highest BCUT2D eigenvalue weighted by Gasteiger charge is 2.16. The smallest absolute Gasteiger partial charge is 0.269 e. The zero-order valence-electron chi connectivity index (χ0n) is 11.2. The summed E-state index contributed by atoms with van der Waals surface area (Å²) in [6.07, 6.45) is 0.837. The highest BCUT2D eigenvalue weighted by atomic mass is 32.1. The van der Waals surface area contributed by atoms with Gasteiger partial charge >= 0.3 is 0 Å². The normalized spacial score (nSPS) is 10.9. The Morgan fingerprint density at radius 1 is 1.35 bits per heavy atom. The second-order valence-electron chi connectivity index (χ2n) is 4.43. The molecule has 0 radical (unpaired) electrons. The molecule has 1 amide bonds. The summed E-state index contributed by atoms with van der Waals surface area (Å²) in [5.41, 5.74) is 2.50. The summed E-state index contributed by atoms with van der Waals surface area (Å²) in [5.74, 6) is 0.292. The van der Waals surface area contributed by atoms with Crippen molar-refractivity contribution in [2.45, 2.75) is 20.3 Å². The molecule has 5 nitrogen and oxygen atoms in total. The number of nitrogens with one attached hydrogen (secondary N) is 2. The van der Waals surface area contributed by atoms with Crippen LogP contribution in [0.4, 0.5) is 5.95 Å². The van der Waals surface area contributed by atoms with E-state index in [-0.39, 0.29) is 5.91 Å². The number of hydrogen-bond acceptors (Lipinski definition) is 4. The van der Waals surface area contributed by atoms with Crippen LogP contribution < -0.4 is 5.32 Å². The molecule has 20 heavy (non-hydrogen) atoms. The van der Waals surface area contributed by atoms with E-state index in [1.165, 1.54) is 11.3 Å². The molecule has 2 heterocycles. The van der Waals surface area contributed by atoms with E-state index >= 15 is 0 Å². The molecule has 3 aromatic rings. The molecule has 0 unspecified atom stereocenters. The number of benzene rings is 1. The Kier molecular flexibility index (Phi) is 3.23. The van der Waals surface area contributed by atoms with Crippen LogP contribution in [0.5, 0.6) is 0 Å². The molecule has 0 saturated carbocycles. The fourth-order valence-corrected chi connectivity index (χ4v) is 2.89. The number of para-hydroxylation sites is 2. The fraction of sp³-hybridized carbons (Fsp3) is 0.214. The quantitative estimate of drug-likeness (QED) is 0.777. The van der Waals surface area contributed by atoms with Gasteiger partial charge < -0.3 is 4.98 Å². The van der Waals surface area contributed by atoms with Crippen molar-refractivity contribution in [1.82, 2.24) is 15.0 Å². The van der Waals surface area contributed by atoms with Gasteiger partial charge in [0.05, 0.1) is 21.7 Å². The van der Waals surface area contributed by atoms with Crippen molar-refractivity contribution in [2.24, 2.45) is 0 Å². The first-order chi connectivity index (χ1) is 9.67. The van der Waals surface area contributed by atoms with Gasteiger partial charge in [0, 0.05) is 0 Å². The SMILES string of the molecule is CCc1nc(C)c(C(=O)Nc2nc3ccccc3[nH]2)s1. The number of anilines is 1. The van der Waals surface area contributed by atoms with Gasteiger partial charge in [-0.1, -0.05) is 19.1 Å². The Morgan fingerprint density at radius 3 is 2.85 bits per heavy atom. The van der Waals surface area contributed by atoms with Crippen LogP contribution in [0.2, 0.25) is 0 Å². The van der Waals surface area contributed by atoms with Crippen molar-refractivity contribution in [2.75, 3.05) is 5.32 Å². The number of imidazole rings is 1. The summed E-state index contributed by atoms with van der Waals surface area (Å²) in [5, 5.41) is 3.76. The first-order valence-electron chi connectivity index (χ1n) is 6.39. The van der Waals surface area contributed by atoms with Gasteiger partial charge in [-0.2, -0.15) is 0 Å². The molecule has 0 atom stereocenters. The van der Waals surface area contributed by atoms with Crippen LogP contribution in [0.1, 0.15) is 27.3 Å². The minimum atomic E-state index is -0.168. The maximum absolute atomic E-state index is 12.2. The first-order valence-corrected chi connectivity index (χ1v) is 7.21. The number of H-pyrrole nitrogens is 1. The third-order valence-electron chi connectivity index (χ3n) is 2.97. The minimum absolute atomic E-state index is 0.168. The van der Waals surface area contributed by atoms with Gasteiger partial charge in [0.15, 0.2) is 0 Å². The van der Waals surface area contributed by atoms with Gasteiger partial charge in [-0.15, -0.1) is 11.3 Å². The molecule has 102 valence electrons. The van der Waals surface area contributed by atoms with Crippen molar-refractivity contribution in [3.05, 3.63) is 39.8 Å². The van der Waals surface area contributed by atoms with E-state index in [0.717, 1.165) is 28.2 Å². The topological polar surface area (TPSA) is 70.7 Å². The zero-order chi connectivity index (χ0) is 14.1. The van der Waals surface area contributed by atoms with Gasteiger partial charge in [-0.05, 0) is 25.5 Å². The molecule has 0 fully saturated rings. The molecular formula is C14H14N4OS. The number of nitrogens with zero attached hydrogens (tertiary/aromatic N) is 2. The Labute approximate surface area is 120 Å². The van der Waals surface area contributed by atoms with Crippen LogP contribution >= 0.6 is 11.3 Å². The van der Waals surface area contributed by atoms with E-state index in [0.29, 0.717) is 10.8 Å². The number of aromatic nitrogens is 3. The van der Waals surface area contributed by atoms with E-state index in [9.17, 15) is 4.79 Å². The largest absolute Gasteiger partial charge is 0.324 e. The van der Waals surface area contributed by atoms with Crippen molar-refractivity contribution >= 4 is 34.2 Å². The highest BCUT2D eigenvalue weighted by Crippen LogP contribution is 2.20. The molecule has 2 aromatic heterocycles. The Hall–Kier alpha value is -2.21. The first kappa shape index (κ1) is 12.8. The number of thiazole rings is 1. The molecule has 1 aromatic carbocycles. The van der Waals surface area contributed by atoms with Crippen molar-refractivity contribution in [3.63, 3.8) is 0 Å². The number of carbonyl (C=O) groups is 1. The molecule has 3 rings (SSSR count). The van der Waals surface area contributed by atoms with Crippen LogP contribution in [-0.2, 0) is 6.42 Å². The van der Waals surface area contributed by atoms with Crippen molar-refractivity contribution in [3.8, 4) is 0 Å². The lowest BCUT2D eigenvalue weighted by Crippen LogP contribution is -2.12. The molecular weight excluding hydrogens is 272 g/mol. The minimum Gasteiger partial charge on any atom is -0.324 e. The number of carbonyl (C=O) groups excluding carboxylic acids is 1. The molecule has 0 aliphatic heterocycles. The van der Waals surface area contributed by atoms with E-state index in [2.05, 4.69) is 20.3 Å². The number of amides is 1. The van der Waals surface area contributed by atoms with Crippen molar-refractivity contribution in [1.29, 1.82) is 0 Å². The summed E-state index contributed by atoms with van der Waals surface area (Å²) in [4.78, 5) is 24.7. The van der Waals surface area contributed by atoms with Gasteiger partial charge in [-0.25, -0.2) is 9.97 Å². The van der Waals surface area contributed by atoms with Crippen LogP contribution in [0.25, 0.3) is 11.0 Å². The maximum atomic E-state index is 12.2. The van der Waals surface area contributed by atoms with E-state index in [1.807, 2.05) is 38.1 Å². The average Bonchev–Trinajstić information content (AvgIpc) is 3.01. The molecule has 0 spiro atoms. The molecule has 2 N–H and O–H groups in total. The predicted octanol–water partition coefficient (Wildman–Crippen LogP) is 3.14. The Balaban J connectivity index is 1.86. The fourth-order valence-electron chi connectivity index (χ4n) is 1.99. The molecule has 0 bridgehead atoms. The monoisotopic (exact) mass is 286 g/mol. The zero-order valence-corrected chi connectivity index (χ0v) is 12.0. The van der Waals surface area contributed by atoms with Crippen LogP contribution in [0, 0.1) is 6.92 Å². The second-order valence-corrected chi connectivity index (χ2v) is 5.52. The van der Waals surface area contributed by atoms with Gasteiger partial charge in [0.1, 0.15) is 4.88 Å². The van der Waals surface area contributed by atoms with Gasteiger partial charge in [-0.3, -0.25) is 10.1 Å². The number of fused-ring (bicyclic) bond motifs is 1. The van der Waals surface area contributed by atoms with E-state index in [1.54, 1.807) is 0 Å². The average molecular weight is 286 g/mol. The third kappa shape index (κ3) is 2.30. The molecule has 0 aliphatic carbocycles. The number of rotatable bonds is 3. The van der Waals surface area contributed by atoms with Crippen LogP contribution in [0.15, 0.2) is 24.3 Å². The summed E-state index contributed by atoms with van der Waals surface area (Å²) in [6.45, 7) is 3.88. The lowest BCUT2D eigenvalue weighted by Gasteiger charge is -1.99. The van der Waals surface area contributed by atoms with E-state index in [4.69, 9.17) is 0 Å².